The summed E-state index contributed by atoms with van der Waals surface area (Å²) in [5.74, 6) is 0.783. The fourth-order valence-corrected chi connectivity index (χ4v) is 4.58. The Morgan fingerprint density at radius 1 is 1.13 bits per heavy atom. The predicted molar refractivity (Wildman–Crippen MR) is 125 cm³/mol. The Balaban J connectivity index is 2.03. The minimum Gasteiger partial charge on any atom is -0.492 e. The number of para-hydroxylation sites is 1. The van der Waals surface area contributed by atoms with Gasteiger partial charge in [0.05, 0.1) is 37.5 Å². The van der Waals surface area contributed by atoms with Crippen LogP contribution in [0.15, 0.2) is 36.4 Å². The Hall–Kier alpha value is -2.44. The minimum atomic E-state index is 0.0137. The van der Waals surface area contributed by atoms with Crippen LogP contribution in [0.4, 0.5) is 5.13 Å². The summed E-state index contributed by atoms with van der Waals surface area (Å²) in [6, 6.07) is 12.0. The molecule has 1 amide bonds. The van der Waals surface area contributed by atoms with Crippen LogP contribution in [-0.2, 0) is 0 Å². The summed E-state index contributed by atoms with van der Waals surface area (Å²) in [6.07, 6.45) is 0. The van der Waals surface area contributed by atoms with Gasteiger partial charge in [-0.25, -0.2) is 4.98 Å². The molecule has 6 heteroatoms. The van der Waals surface area contributed by atoms with Gasteiger partial charge in [-0.05, 0) is 58.4 Å². The van der Waals surface area contributed by atoms with Crippen molar-refractivity contribution in [3.63, 3.8) is 0 Å². The van der Waals surface area contributed by atoms with Gasteiger partial charge in [-0.3, -0.25) is 9.69 Å². The lowest BCUT2D eigenvalue weighted by molar-refractivity contribution is -0.894. The van der Waals surface area contributed by atoms with E-state index in [1.807, 2.05) is 62.1 Å². The first-order chi connectivity index (χ1) is 14.5. The number of nitrogens with zero attached hydrogens (tertiary/aromatic N) is 2. The lowest BCUT2D eigenvalue weighted by atomic mass is 10.0. The standard InChI is InChI=1S/C24H31N3O2S/c1-6-26(7-2)14-15-27(23(28)19-16-17(4)12-13-18(19)5)24-25-22-20(29-8-3)10-9-11-21(22)30-24/h9-13,16H,6-8,14-15H2,1-5H3/p+1. The van der Waals surface area contributed by atoms with Gasteiger partial charge in [0.15, 0.2) is 5.13 Å². The third kappa shape index (κ3) is 4.82. The Bertz CT molecular complexity index is 1010. The van der Waals surface area contributed by atoms with Crippen LogP contribution in [0.25, 0.3) is 10.2 Å². The molecular weight excluding hydrogens is 394 g/mol. The van der Waals surface area contributed by atoms with Crippen molar-refractivity contribution in [1.82, 2.24) is 4.98 Å². The molecule has 5 nitrogen and oxygen atoms in total. The van der Waals surface area contributed by atoms with Gasteiger partial charge in [-0.1, -0.05) is 35.1 Å². The van der Waals surface area contributed by atoms with E-state index in [0.717, 1.165) is 57.4 Å². The van der Waals surface area contributed by atoms with Crippen molar-refractivity contribution in [2.75, 3.05) is 37.7 Å². The van der Waals surface area contributed by atoms with Crippen molar-refractivity contribution < 1.29 is 14.4 Å². The average Bonchev–Trinajstić information content (AvgIpc) is 3.18. The zero-order valence-corrected chi connectivity index (χ0v) is 19.4. The van der Waals surface area contributed by atoms with Crippen LogP contribution in [0.2, 0.25) is 0 Å². The van der Waals surface area contributed by atoms with Gasteiger partial charge in [0.1, 0.15) is 11.3 Å². The van der Waals surface area contributed by atoms with Gasteiger partial charge in [-0.2, -0.15) is 0 Å². The lowest BCUT2D eigenvalue weighted by Gasteiger charge is -2.23. The largest absolute Gasteiger partial charge is 0.492 e. The van der Waals surface area contributed by atoms with Crippen molar-refractivity contribution in [2.24, 2.45) is 0 Å². The number of quaternary nitrogens is 1. The first-order valence-electron chi connectivity index (χ1n) is 10.7. The van der Waals surface area contributed by atoms with E-state index in [2.05, 4.69) is 13.8 Å². The molecule has 1 N–H and O–H groups in total. The molecule has 3 rings (SSSR count). The van der Waals surface area contributed by atoms with Crippen LogP contribution in [0, 0.1) is 13.8 Å². The molecule has 0 saturated carbocycles. The molecular formula is C24H32N3O2S+. The molecule has 0 bridgehead atoms. The minimum absolute atomic E-state index is 0.0137. The van der Waals surface area contributed by atoms with Gasteiger partial charge < -0.3 is 9.64 Å². The maximum Gasteiger partial charge on any atom is 0.260 e. The van der Waals surface area contributed by atoms with E-state index >= 15 is 0 Å². The number of nitrogens with one attached hydrogen (secondary N) is 1. The second-order valence-electron chi connectivity index (χ2n) is 7.51. The molecule has 0 aliphatic carbocycles. The van der Waals surface area contributed by atoms with Crippen LogP contribution in [-0.4, -0.2) is 43.7 Å². The Morgan fingerprint density at radius 2 is 1.90 bits per heavy atom. The maximum absolute atomic E-state index is 13.6. The van der Waals surface area contributed by atoms with Crippen molar-refractivity contribution in [3.05, 3.63) is 53.1 Å². The summed E-state index contributed by atoms with van der Waals surface area (Å²) in [5.41, 5.74) is 3.64. The number of carbonyl (C=O) groups is 1. The molecule has 0 aliphatic rings. The molecule has 0 spiro atoms. The highest BCUT2D eigenvalue weighted by molar-refractivity contribution is 7.22. The Morgan fingerprint density at radius 3 is 2.60 bits per heavy atom. The summed E-state index contributed by atoms with van der Waals surface area (Å²) in [4.78, 5) is 21.8. The number of carbonyl (C=O) groups excluding carboxylic acids is 1. The van der Waals surface area contributed by atoms with Crippen LogP contribution >= 0.6 is 11.3 Å². The molecule has 3 aromatic rings. The second-order valence-corrected chi connectivity index (χ2v) is 8.52. The van der Waals surface area contributed by atoms with E-state index in [1.165, 1.54) is 4.90 Å². The summed E-state index contributed by atoms with van der Waals surface area (Å²) in [6.45, 7) is 14.5. The Kier molecular flexibility index (Phi) is 7.45. The highest BCUT2D eigenvalue weighted by Gasteiger charge is 2.24. The van der Waals surface area contributed by atoms with Crippen molar-refractivity contribution >= 4 is 32.6 Å². The van der Waals surface area contributed by atoms with E-state index in [1.54, 1.807) is 11.3 Å². The van der Waals surface area contributed by atoms with E-state index in [9.17, 15) is 4.79 Å². The fraction of sp³-hybridized carbons (Fsp3) is 0.417. The SMILES string of the molecule is CCOc1cccc2sc(N(CC[NH+](CC)CC)C(=O)c3cc(C)ccc3C)nc12. The first-order valence-corrected chi connectivity index (χ1v) is 11.5. The number of likely N-dealkylation sites (N-methyl/N-ethyl adjacent to an activating group) is 1. The molecule has 0 unspecified atom stereocenters. The third-order valence-electron chi connectivity index (χ3n) is 5.46. The zero-order valence-electron chi connectivity index (χ0n) is 18.6. The first kappa shape index (κ1) is 22.2. The maximum atomic E-state index is 13.6. The molecule has 0 fully saturated rings. The lowest BCUT2D eigenvalue weighted by Crippen LogP contribution is -3.12. The number of aryl methyl sites for hydroxylation is 2. The van der Waals surface area contributed by atoms with Crippen LogP contribution in [0.5, 0.6) is 5.75 Å². The monoisotopic (exact) mass is 426 g/mol. The predicted octanol–water partition coefficient (Wildman–Crippen LogP) is 3.88. The van der Waals surface area contributed by atoms with Crippen LogP contribution in [0.1, 0.15) is 42.3 Å². The number of benzene rings is 2. The number of anilines is 1. The molecule has 160 valence electrons. The quantitative estimate of drug-likeness (QED) is 0.565. The van der Waals surface area contributed by atoms with E-state index in [0.29, 0.717) is 13.2 Å². The number of amides is 1. The molecule has 2 aromatic carbocycles. The zero-order chi connectivity index (χ0) is 21.7. The molecule has 0 radical (unpaired) electrons. The molecule has 0 saturated heterocycles. The fourth-order valence-electron chi connectivity index (χ4n) is 3.57. The van der Waals surface area contributed by atoms with Gasteiger partial charge >= 0.3 is 0 Å². The topological polar surface area (TPSA) is 46.9 Å². The van der Waals surface area contributed by atoms with E-state index < -0.39 is 0 Å². The number of fused-ring (bicyclic) bond motifs is 1. The van der Waals surface area contributed by atoms with E-state index in [-0.39, 0.29) is 5.91 Å². The number of rotatable bonds is 9. The number of hydrogen-bond donors (Lipinski definition) is 1. The number of aromatic nitrogens is 1. The number of thiazole rings is 1. The normalized spacial score (nSPS) is 11.3. The smallest absolute Gasteiger partial charge is 0.260 e. The van der Waals surface area contributed by atoms with Gasteiger partial charge in [0.25, 0.3) is 5.91 Å². The van der Waals surface area contributed by atoms with Gasteiger partial charge in [0.2, 0.25) is 0 Å². The van der Waals surface area contributed by atoms with Crippen LogP contribution < -0.4 is 14.5 Å². The number of hydrogen-bond acceptors (Lipinski definition) is 4. The summed E-state index contributed by atoms with van der Waals surface area (Å²) in [5, 5.41) is 0.731. The Labute approximate surface area is 183 Å². The van der Waals surface area contributed by atoms with Crippen molar-refractivity contribution in [1.29, 1.82) is 0 Å². The second kappa shape index (κ2) is 10.0. The molecule has 0 aliphatic heterocycles. The highest BCUT2D eigenvalue weighted by Crippen LogP contribution is 2.34. The van der Waals surface area contributed by atoms with E-state index in [4.69, 9.17) is 9.72 Å². The summed E-state index contributed by atoms with van der Waals surface area (Å²) < 4.78 is 6.79. The molecule has 30 heavy (non-hydrogen) atoms. The third-order valence-corrected chi connectivity index (χ3v) is 6.50. The molecule has 1 aromatic heterocycles. The molecule has 0 atom stereocenters. The summed E-state index contributed by atoms with van der Waals surface area (Å²) in [7, 11) is 0. The molecule has 1 heterocycles. The van der Waals surface area contributed by atoms with Crippen molar-refractivity contribution in [3.8, 4) is 5.75 Å². The average molecular weight is 427 g/mol. The summed E-state index contributed by atoms with van der Waals surface area (Å²) >= 11 is 1.55. The van der Waals surface area contributed by atoms with Crippen molar-refractivity contribution in [2.45, 2.75) is 34.6 Å². The highest BCUT2D eigenvalue weighted by atomic mass is 32.1. The van der Waals surface area contributed by atoms with Gasteiger partial charge in [0, 0.05) is 5.56 Å². The van der Waals surface area contributed by atoms with Gasteiger partial charge in [-0.15, -0.1) is 0 Å². The van der Waals surface area contributed by atoms with Crippen LogP contribution in [0.3, 0.4) is 0 Å². The number of ether oxygens (including phenoxy) is 1.